The van der Waals surface area contributed by atoms with Gasteiger partial charge in [-0.3, -0.25) is 9.69 Å². The second-order valence-electron chi connectivity index (χ2n) is 8.53. The van der Waals surface area contributed by atoms with Gasteiger partial charge in [0.25, 0.3) is 0 Å². The first-order valence-electron chi connectivity index (χ1n) is 10.0. The molecule has 0 aromatic heterocycles. The molecule has 1 amide bonds. The van der Waals surface area contributed by atoms with Crippen LogP contribution in [0.25, 0.3) is 0 Å². The Bertz CT molecular complexity index is 1230. The Balaban J connectivity index is 3.24. The van der Waals surface area contributed by atoms with Crippen molar-refractivity contribution in [2.75, 3.05) is 4.90 Å². The summed E-state index contributed by atoms with van der Waals surface area (Å²) in [5.41, 5.74) is -10.2. The Morgan fingerprint density at radius 2 is 1.19 bits per heavy atom. The molecule has 15 heteroatoms. The van der Waals surface area contributed by atoms with E-state index >= 15 is 0 Å². The Morgan fingerprint density at radius 1 is 0.784 bits per heavy atom. The molecule has 0 aliphatic heterocycles. The van der Waals surface area contributed by atoms with Crippen molar-refractivity contribution in [1.29, 1.82) is 0 Å². The average Bonchev–Trinajstić information content (AvgIpc) is 2.75. The number of hydrogen-bond acceptors (Lipinski definition) is 4. The molecule has 0 saturated carbocycles. The van der Waals surface area contributed by atoms with Crippen molar-refractivity contribution in [2.24, 2.45) is 0 Å². The highest BCUT2D eigenvalue weighted by atomic mass is 19.2. The van der Waals surface area contributed by atoms with E-state index in [1.165, 1.54) is 0 Å². The van der Waals surface area contributed by atoms with Gasteiger partial charge in [-0.1, -0.05) is 0 Å². The van der Waals surface area contributed by atoms with E-state index in [9.17, 15) is 54.6 Å². The summed E-state index contributed by atoms with van der Waals surface area (Å²) < 4.78 is 121. The Morgan fingerprint density at radius 3 is 1.54 bits per heavy atom. The van der Waals surface area contributed by atoms with Gasteiger partial charge in [0.15, 0.2) is 52.1 Å². The van der Waals surface area contributed by atoms with E-state index in [0.717, 1.165) is 20.8 Å². The average molecular weight is 543 g/mol. The van der Waals surface area contributed by atoms with E-state index in [-0.39, 0.29) is 12.1 Å². The van der Waals surface area contributed by atoms with E-state index in [2.05, 4.69) is 0 Å². The van der Waals surface area contributed by atoms with Crippen LogP contribution in [-0.2, 0) is 19.9 Å². The van der Waals surface area contributed by atoms with Crippen molar-refractivity contribution < 1.29 is 64.5 Å². The molecule has 7 nitrogen and oxygen atoms in total. The molecule has 2 N–H and O–H groups in total. The molecule has 0 saturated heterocycles. The number of halogens is 8. The number of ether oxygens (including phenoxy) is 1. The van der Waals surface area contributed by atoms with E-state index in [1.807, 2.05) is 0 Å². The molecule has 202 valence electrons. The summed E-state index contributed by atoms with van der Waals surface area (Å²) in [6.45, 7) is 3.35. The number of anilines is 1. The number of rotatable bonds is 7. The predicted octanol–water partition coefficient (Wildman–Crippen LogP) is 5.39. The van der Waals surface area contributed by atoms with Gasteiger partial charge in [0.2, 0.25) is 0 Å². The van der Waals surface area contributed by atoms with Gasteiger partial charge in [-0.15, -0.1) is 0 Å². The fourth-order valence-electron chi connectivity index (χ4n) is 3.38. The van der Waals surface area contributed by atoms with Gasteiger partial charge in [-0.25, -0.2) is 44.7 Å². The Kier molecular flexibility index (Phi) is 8.10. The van der Waals surface area contributed by atoms with Crippen LogP contribution in [0.5, 0.6) is 0 Å². The minimum atomic E-state index is -4.08. The first-order chi connectivity index (χ1) is 16.9. The lowest BCUT2D eigenvalue weighted by molar-refractivity contribution is -0.145. The van der Waals surface area contributed by atoms with Crippen molar-refractivity contribution in [3.05, 3.63) is 64.2 Å². The standard InChI is InChI=1S/C22H17F8NO6/c1-21(2,3)37-20(36)31(18-16(29)10(25)7-11(26)17(18)30)22(19(34)35,5-4-12(32)33)13-14(27)8(23)6-9(24)15(13)28/h6-7H,4-5H2,1-3H3,(H,32,33)(H,34,35)/t22-/m1/s1. The molecule has 0 unspecified atom stereocenters. The normalized spacial score (nSPS) is 13.2. The smallest absolute Gasteiger partial charge is 0.416 e. The topological polar surface area (TPSA) is 104 Å². The molecule has 0 radical (unpaired) electrons. The van der Waals surface area contributed by atoms with Crippen LogP contribution in [0.1, 0.15) is 39.2 Å². The number of carboxylic acid groups (broad SMARTS) is 2. The molecule has 0 aliphatic rings. The summed E-state index contributed by atoms with van der Waals surface area (Å²) in [6.07, 6.45) is -5.43. The molecule has 0 heterocycles. The van der Waals surface area contributed by atoms with Crippen LogP contribution in [0.3, 0.4) is 0 Å². The van der Waals surface area contributed by atoms with Crippen LogP contribution >= 0.6 is 0 Å². The maximum atomic E-state index is 15.0. The highest BCUT2D eigenvalue weighted by molar-refractivity contribution is 5.99. The molecule has 2 rings (SSSR count). The predicted molar refractivity (Wildman–Crippen MR) is 107 cm³/mol. The summed E-state index contributed by atoms with van der Waals surface area (Å²) in [5, 5.41) is 19.2. The van der Waals surface area contributed by atoms with Gasteiger partial charge >= 0.3 is 18.0 Å². The lowest BCUT2D eigenvalue weighted by Gasteiger charge is -2.41. The van der Waals surface area contributed by atoms with Crippen LogP contribution in [0.4, 0.5) is 45.6 Å². The lowest BCUT2D eigenvalue weighted by Crippen LogP contribution is -2.58. The van der Waals surface area contributed by atoms with Crippen LogP contribution in [0.2, 0.25) is 0 Å². The SMILES string of the molecule is CC(C)(C)OC(=O)N(c1c(F)c(F)cc(F)c1F)[C@@](CCC(=O)O)(C(=O)O)c1c(F)c(F)cc(F)c1F. The number of carbonyl (C=O) groups is 3. The van der Waals surface area contributed by atoms with Gasteiger partial charge in [0.05, 0.1) is 5.56 Å². The molecule has 1 atom stereocenters. The van der Waals surface area contributed by atoms with Crippen molar-refractivity contribution in [3.8, 4) is 0 Å². The number of benzene rings is 2. The summed E-state index contributed by atoms with van der Waals surface area (Å²) >= 11 is 0. The maximum Gasteiger partial charge on any atom is 0.416 e. The molecule has 0 bridgehead atoms. The molecule has 0 aliphatic carbocycles. The van der Waals surface area contributed by atoms with E-state index in [4.69, 9.17) is 9.84 Å². The summed E-state index contributed by atoms with van der Waals surface area (Å²) in [7, 11) is 0. The third-order valence-electron chi connectivity index (χ3n) is 4.85. The van der Waals surface area contributed by atoms with Crippen LogP contribution in [-0.4, -0.2) is 33.8 Å². The number of hydrogen-bond donors (Lipinski definition) is 2. The zero-order valence-electron chi connectivity index (χ0n) is 19.1. The van der Waals surface area contributed by atoms with E-state index < -0.39 is 105 Å². The van der Waals surface area contributed by atoms with E-state index in [0.29, 0.717) is 0 Å². The fraction of sp³-hybridized carbons (Fsp3) is 0.318. The number of aliphatic carboxylic acids is 2. The highest BCUT2D eigenvalue weighted by Crippen LogP contribution is 2.44. The quantitative estimate of drug-likeness (QED) is 0.359. The minimum absolute atomic E-state index is 0.357. The summed E-state index contributed by atoms with van der Waals surface area (Å²) in [4.78, 5) is 36.2. The minimum Gasteiger partial charge on any atom is -0.481 e. The summed E-state index contributed by atoms with van der Waals surface area (Å²) in [5.74, 6) is -23.6. The maximum absolute atomic E-state index is 15.0. The van der Waals surface area contributed by atoms with Gasteiger partial charge < -0.3 is 14.9 Å². The van der Waals surface area contributed by atoms with Crippen molar-refractivity contribution >= 4 is 23.7 Å². The van der Waals surface area contributed by atoms with E-state index in [1.54, 1.807) is 0 Å². The van der Waals surface area contributed by atoms with Crippen LogP contribution in [0, 0.1) is 46.5 Å². The molecule has 0 fully saturated rings. The van der Waals surface area contributed by atoms with Crippen molar-refractivity contribution in [2.45, 2.75) is 44.8 Å². The molecule has 2 aromatic rings. The lowest BCUT2D eigenvalue weighted by atomic mass is 9.82. The zero-order chi connectivity index (χ0) is 28.6. The van der Waals surface area contributed by atoms with Crippen LogP contribution in [0.15, 0.2) is 12.1 Å². The van der Waals surface area contributed by atoms with Crippen molar-refractivity contribution in [1.82, 2.24) is 0 Å². The Labute approximate surface area is 202 Å². The Hall–Kier alpha value is -3.91. The third kappa shape index (κ3) is 5.44. The van der Waals surface area contributed by atoms with Gasteiger partial charge in [-0.2, -0.15) is 0 Å². The van der Waals surface area contributed by atoms with Crippen molar-refractivity contribution in [3.63, 3.8) is 0 Å². The molecule has 37 heavy (non-hydrogen) atoms. The molecular formula is C22H17F8NO6. The fourth-order valence-corrected chi connectivity index (χ4v) is 3.38. The summed E-state index contributed by atoms with van der Waals surface area (Å²) in [6, 6.07) is -0.733. The second-order valence-corrected chi connectivity index (χ2v) is 8.53. The number of nitrogens with zero attached hydrogens (tertiary/aromatic N) is 1. The van der Waals surface area contributed by atoms with Gasteiger partial charge in [-0.05, 0) is 27.2 Å². The zero-order valence-corrected chi connectivity index (χ0v) is 19.1. The highest BCUT2D eigenvalue weighted by Gasteiger charge is 2.56. The molecular weight excluding hydrogens is 526 g/mol. The first-order valence-corrected chi connectivity index (χ1v) is 10.0. The molecule has 0 spiro atoms. The first kappa shape index (κ1) is 29.3. The van der Waals surface area contributed by atoms with Gasteiger partial charge in [0, 0.05) is 18.6 Å². The van der Waals surface area contributed by atoms with Crippen LogP contribution < -0.4 is 4.90 Å². The number of carboxylic acids is 2. The number of amides is 1. The second kappa shape index (κ2) is 10.2. The largest absolute Gasteiger partial charge is 0.481 e. The number of carbonyl (C=O) groups excluding carboxylic acids is 1. The third-order valence-corrected chi connectivity index (χ3v) is 4.85. The van der Waals surface area contributed by atoms with Gasteiger partial charge in [0.1, 0.15) is 11.3 Å². The molecule has 2 aromatic carbocycles. The monoisotopic (exact) mass is 543 g/mol.